The number of thiazole rings is 1. The van der Waals surface area contributed by atoms with Gasteiger partial charge in [0.2, 0.25) is 0 Å². The van der Waals surface area contributed by atoms with Gasteiger partial charge in [-0.15, -0.1) is 11.3 Å². The predicted octanol–water partition coefficient (Wildman–Crippen LogP) is 4.88. The van der Waals surface area contributed by atoms with Crippen LogP contribution < -0.4 is 4.80 Å². The molecule has 3 aromatic rings. The van der Waals surface area contributed by atoms with E-state index in [1.165, 1.54) is 17.4 Å². The smallest absolute Gasteiger partial charge is 0.281 e. The summed E-state index contributed by atoms with van der Waals surface area (Å²) < 4.78 is 1.86. The number of hydrogen-bond donors (Lipinski definition) is 0. The van der Waals surface area contributed by atoms with E-state index in [0.29, 0.717) is 27.5 Å². The molecule has 0 unspecified atom stereocenters. The lowest BCUT2D eigenvalue weighted by Crippen LogP contribution is -2.29. The molecule has 0 bridgehead atoms. The van der Waals surface area contributed by atoms with Crippen LogP contribution in [0.4, 0.5) is 0 Å². The van der Waals surface area contributed by atoms with Crippen LogP contribution in [0.5, 0.6) is 0 Å². The fourth-order valence-corrected chi connectivity index (χ4v) is 4.67. The highest BCUT2D eigenvalue weighted by Crippen LogP contribution is 2.22. The van der Waals surface area contributed by atoms with E-state index in [9.17, 15) is 9.59 Å². The number of likely N-dealkylation sites (tertiary alicyclic amines) is 1. The van der Waals surface area contributed by atoms with Crippen LogP contribution in [0, 0.1) is 0 Å². The van der Waals surface area contributed by atoms with Crippen LogP contribution in [-0.2, 0) is 6.54 Å². The van der Waals surface area contributed by atoms with Crippen molar-refractivity contribution in [3.63, 3.8) is 0 Å². The second kappa shape index (κ2) is 9.16. The maximum atomic E-state index is 12.9. The van der Waals surface area contributed by atoms with E-state index in [1.54, 1.807) is 12.1 Å². The van der Waals surface area contributed by atoms with Crippen molar-refractivity contribution in [3.05, 3.63) is 85.6 Å². The Balaban J connectivity index is 1.62. The number of halogens is 2. The Bertz CT molecular complexity index is 1160. The molecule has 0 saturated carbocycles. The van der Waals surface area contributed by atoms with E-state index in [4.69, 9.17) is 23.2 Å². The van der Waals surface area contributed by atoms with Crippen LogP contribution >= 0.6 is 34.5 Å². The van der Waals surface area contributed by atoms with Crippen molar-refractivity contribution in [3.8, 4) is 0 Å². The van der Waals surface area contributed by atoms with Crippen molar-refractivity contribution in [1.29, 1.82) is 0 Å². The number of amides is 2. The molecular weight excluding hydrogens is 441 g/mol. The van der Waals surface area contributed by atoms with Gasteiger partial charge < -0.3 is 9.47 Å². The van der Waals surface area contributed by atoms with Gasteiger partial charge in [-0.3, -0.25) is 9.59 Å². The quantitative estimate of drug-likeness (QED) is 0.557. The monoisotopic (exact) mass is 459 g/mol. The Kier molecular flexibility index (Phi) is 6.37. The van der Waals surface area contributed by atoms with Gasteiger partial charge in [0.1, 0.15) is 0 Å². The fraction of sp³-hybridized carbons (Fsp3) is 0.227. The van der Waals surface area contributed by atoms with Crippen LogP contribution in [0.15, 0.2) is 59.0 Å². The zero-order chi connectivity index (χ0) is 21.1. The Morgan fingerprint density at radius 1 is 1.03 bits per heavy atom. The number of benzene rings is 2. The van der Waals surface area contributed by atoms with Gasteiger partial charge in [-0.05, 0) is 42.7 Å². The van der Waals surface area contributed by atoms with Crippen molar-refractivity contribution in [2.45, 2.75) is 19.4 Å². The molecule has 8 heteroatoms. The van der Waals surface area contributed by atoms with Gasteiger partial charge in [0.25, 0.3) is 11.8 Å². The summed E-state index contributed by atoms with van der Waals surface area (Å²) >= 11 is 13.4. The summed E-state index contributed by atoms with van der Waals surface area (Å²) in [5.41, 5.74) is 1.88. The maximum Gasteiger partial charge on any atom is 0.281 e. The average Bonchev–Trinajstić information content (AvgIpc) is 3.40. The topological polar surface area (TPSA) is 54.7 Å². The lowest BCUT2D eigenvalue weighted by molar-refractivity contribution is 0.0791. The minimum Gasteiger partial charge on any atom is -0.339 e. The summed E-state index contributed by atoms with van der Waals surface area (Å²) in [4.78, 5) is 32.2. The van der Waals surface area contributed by atoms with Crippen molar-refractivity contribution in [2.75, 3.05) is 13.1 Å². The number of rotatable bonds is 4. The first-order valence-electron chi connectivity index (χ1n) is 9.58. The number of nitrogens with zero attached hydrogens (tertiary/aromatic N) is 3. The van der Waals surface area contributed by atoms with Crippen molar-refractivity contribution in [1.82, 2.24) is 9.47 Å². The minimum absolute atomic E-state index is 0.0569. The van der Waals surface area contributed by atoms with Gasteiger partial charge in [0, 0.05) is 35.3 Å². The summed E-state index contributed by atoms with van der Waals surface area (Å²) in [7, 11) is 0. The molecule has 1 fully saturated rings. The molecule has 0 aliphatic carbocycles. The molecule has 0 radical (unpaired) electrons. The Morgan fingerprint density at radius 3 is 2.57 bits per heavy atom. The van der Waals surface area contributed by atoms with E-state index in [0.717, 1.165) is 31.5 Å². The molecule has 2 heterocycles. The molecule has 30 heavy (non-hydrogen) atoms. The van der Waals surface area contributed by atoms with Crippen molar-refractivity contribution >= 4 is 46.4 Å². The Morgan fingerprint density at radius 2 is 1.80 bits per heavy atom. The second-order valence-electron chi connectivity index (χ2n) is 7.01. The molecule has 0 spiro atoms. The number of carbonyl (C=O) groups is 2. The highest BCUT2D eigenvalue weighted by molar-refractivity contribution is 7.07. The van der Waals surface area contributed by atoms with Crippen LogP contribution in [0.2, 0.25) is 10.0 Å². The molecule has 2 aromatic carbocycles. The summed E-state index contributed by atoms with van der Waals surface area (Å²) in [6.45, 7) is 2.05. The highest BCUT2D eigenvalue weighted by Gasteiger charge is 2.21. The van der Waals surface area contributed by atoms with Crippen molar-refractivity contribution < 1.29 is 9.59 Å². The third kappa shape index (κ3) is 4.51. The van der Waals surface area contributed by atoms with E-state index in [1.807, 2.05) is 45.3 Å². The molecule has 154 valence electrons. The summed E-state index contributed by atoms with van der Waals surface area (Å²) in [6.07, 6.45) is 3.95. The first kappa shape index (κ1) is 20.8. The normalized spacial score (nSPS) is 14.3. The summed E-state index contributed by atoms with van der Waals surface area (Å²) in [6, 6.07) is 12.3. The maximum absolute atomic E-state index is 12.9. The Labute approximate surface area is 188 Å². The van der Waals surface area contributed by atoms with Gasteiger partial charge in [0.15, 0.2) is 4.80 Å². The third-order valence-electron chi connectivity index (χ3n) is 5.00. The van der Waals surface area contributed by atoms with Crippen LogP contribution in [0.25, 0.3) is 0 Å². The van der Waals surface area contributed by atoms with E-state index < -0.39 is 5.91 Å². The largest absolute Gasteiger partial charge is 0.339 e. The fourth-order valence-electron chi connectivity index (χ4n) is 3.46. The number of carbonyl (C=O) groups excluding carboxylic acids is 2. The van der Waals surface area contributed by atoms with Gasteiger partial charge in [-0.25, -0.2) is 0 Å². The van der Waals surface area contributed by atoms with E-state index >= 15 is 0 Å². The predicted molar refractivity (Wildman–Crippen MR) is 119 cm³/mol. The van der Waals surface area contributed by atoms with Gasteiger partial charge in [-0.2, -0.15) is 4.99 Å². The molecule has 0 atom stereocenters. The SMILES string of the molecule is O=C(N=c1sccn1Cc1ccccc1C(=O)N1CCCC1)c1ccc(Cl)cc1Cl. The standard InChI is InChI=1S/C22H19Cl2N3O2S/c23-16-7-8-18(19(24)13-16)20(28)25-22-27(11-12-30-22)14-15-5-1-2-6-17(15)21(29)26-9-3-4-10-26/h1-2,5-8,11-13H,3-4,9-10,14H2. The number of hydrogen-bond acceptors (Lipinski definition) is 3. The van der Waals surface area contributed by atoms with Gasteiger partial charge in [-0.1, -0.05) is 41.4 Å². The molecule has 1 aliphatic rings. The molecule has 1 aromatic heterocycles. The molecule has 1 saturated heterocycles. The minimum atomic E-state index is -0.436. The molecular formula is C22H19Cl2N3O2S. The zero-order valence-corrected chi connectivity index (χ0v) is 18.4. The average molecular weight is 460 g/mol. The van der Waals surface area contributed by atoms with Gasteiger partial charge in [0.05, 0.1) is 17.1 Å². The van der Waals surface area contributed by atoms with Crippen LogP contribution in [0.1, 0.15) is 39.1 Å². The first-order valence-corrected chi connectivity index (χ1v) is 11.2. The van der Waals surface area contributed by atoms with E-state index in [-0.39, 0.29) is 10.9 Å². The first-order chi connectivity index (χ1) is 14.5. The lowest BCUT2D eigenvalue weighted by atomic mass is 10.1. The van der Waals surface area contributed by atoms with Crippen LogP contribution in [0.3, 0.4) is 0 Å². The van der Waals surface area contributed by atoms with Crippen LogP contribution in [-0.4, -0.2) is 34.4 Å². The van der Waals surface area contributed by atoms with Crippen molar-refractivity contribution in [2.24, 2.45) is 4.99 Å². The highest BCUT2D eigenvalue weighted by atomic mass is 35.5. The molecule has 4 rings (SSSR count). The number of aromatic nitrogens is 1. The zero-order valence-electron chi connectivity index (χ0n) is 16.1. The Hall–Kier alpha value is -2.41. The second-order valence-corrected chi connectivity index (χ2v) is 8.73. The van der Waals surface area contributed by atoms with E-state index in [2.05, 4.69) is 4.99 Å². The third-order valence-corrected chi connectivity index (χ3v) is 6.34. The van der Waals surface area contributed by atoms with Gasteiger partial charge >= 0.3 is 0 Å². The molecule has 0 N–H and O–H groups in total. The summed E-state index contributed by atoms with van der Waals surface area (Å²) in [5, 5.41) is 2.59. The lowest BCUT2D eigenvalue weighted by Gasteiger charge is -2.17. The molecule has 5 nitrogen and oxygen atoms in total. The molecule has 2 amide bonds. The summed E-state index contributed by atoms with van der Waals surface area (Å²) in [5.74, 6) is -0.379. The molecule has 1 aliphatic heterocycles.